The molecule has 0 saturated carbocycles. The fourth-order valence-electron chi connectivity index (χ4n) is 3.08. The number of methoxy groups -OCH3 is 1. The maximum atomic E-state index is 5.34. The zero-order valence-corrected chi connectivity index (χ0v) is 11.9. The topological polar surface area (TPSA) is 15.7 Å². The van der Waals surface area contributed by atoms with E-state index in [9.17, 15) is 0 Å². The van der Waals surface area contributed by atoms with Crippen molar-refractivity contribution >= 4 is 0 Å². The Balaban J connectivity index is 1.74. The first kappa shape index (κ1) is 13.3. The van der Waals surface area contributed by atoms with Crippen LogP contribution in [-0.4, -0.2) is 61.8 Å². The molecule has 100 valence electrons. The summed E-state index contributed by atoms with van der Waals surface area (Å²) in [6, 6.07) is 0.710. The Kier molecular flexibility index (Phi) is 4.11. The number of rotatable bonds is 4. The summed E-state index contributed by atoms with van der Waals surface area (Å²) in [6.07, 6.45) is 3.19. The van der Waals surface area contributed by atoms with E-state index in [1.807, 2.05) is 7.11 Å². The minimum absolute atomic E-state index is 0.495. The van der Waals surface area contributed by atoms with Crippen LogP contribution in [0, 0.1) is 5.41 Å². The third kappa shape index (κ3) is 3.21. The number of hydrogen-bond acceptors (Lipinski definition) is 3. The molecule has 0 aromatic heterocycles. The Morgan fingerprint density at radius 2 is 1.82 bits per heavy atom. The number of nitrogens with zero attached hydrogens (tertiary/aromatic N) is 2. The molecule has 2 aliphatic heterocycles. The lowest BCUT2D eigenvalue weighted by Gasteiger charge is -2.47. The van der Waals surface area contributed by atoms with E-state index in [1.165, 1.54) is 32.5 Å². The molecule has 0 radical (unpaired) electrons. The molecule has 0 aliphatic carbocycles. The van der Waals surface area contributed by atoms with Crippen LogP contribution in [0.4, 0.5) is 0 Å². The molecule has 3 nitrogen and oxygen atoms in total. The van der Waals surface area contributed by atoms with E-state index < -0.39 is 0 Å². The van der Waals surface area contributed by atoms with E-state index >= 15 is 0 Å². The Morgan fingerprint density at radius 3 is 2.29 bits per heavy atom. The highest BCUT2D eigenvalue weighted by molar-refractivity contribution is 4.90. The van der Waals surface area contributed by atoms with Gasteiger partial charge in [-0.3, -0.25) is 4.90 Å². The van der Waals surface area contributed by atoms with Crippen LogP contribution in [0.1, 0.15) is 33.6 Å². The lowest BCUT2D eigenvalue weighted by Crippen LogP contribution is -2.56. The van der Waals surface area contributed by atoms with Crippen molar-refractivity contribution in [1.82, 2.24) is 9.80 Å². The molecule has 0 aromatic rings. The van der Waals surface area contributed by atoms with Gasteiger partial charge in [0.1, 0.15) is 0 Å². The van der Waals surface area contributed by atoms with Crippen molar-refractivity contribution in [2.45, 2.75) is 45.8 Å². The molecule has 0 atom stereocenters. The first-order chi connectivity index (χ1) is 8.02. The van der Waals surface area contributed by atoms with Crippen LogP contribution in [0.25, 0.3) is 0 Å². The molecule has 2 heterocycles. The molecule has 0 bridgehead atoms. The van der Waals surface area contributed by atoms with Crippen LogP contribution >= 0.6 is 0 Å². The molecule has 2 aliphatic rings. The number of piperidine rings is 1. The minimum Gasteiger partial charge on any atom is -0.379 e. The van der Waals surface area contributed by atoms with Crippen molar-refractivity contribution in [3.63, 3.8) is 0 Å². The standard InChI is InChI=1S/C14H28N2O/c1-12(2)16-7-5-14(3,6-8-16)11-15-9-13(10-15)17-4/h12-13H,5-11H2,1-4H3. The van der Waals surface area contributed by atoms with Crippen molar-refractivity contribution < 1.29 is 4.74 Å². The molecule has 0 N–H and O–H groups in total. The molecule has 0 unspecified atom stereocenters. The summed E-state index contributed by atoms with van der Waals surface area (Å²) in [7, 11) is 1.82. The summed E-state index contributed by atoms with van der Waals surface area (Å²) in [5.74, 6) is 0. The fourth-order valence-corrected chi connectivity index (χ4v) is 3.08. The van der Waals surface area contributed by atoms with Gasteiger partial charge in [-0.05, 0) is 45.2 Å². The molecular weight excluding hydrogens is 212 g/mol. The Hall–Kier alpha value is -0.120. The first-order valence-corrected chi connectivity index (χ1v) is 7.02. The monoisotopic (exact) mass is 240 g/mol. The predicted octanol–water partition coefficient (Wildman–Crippen LogP) is 1.83. The fraction of sp³-hybridized carbons (Fsp3) is 1.00. The number of likely N-dealkylation sites (tertiary alicyclic amines) is 2. The van der Waals surface area contributed by atoms with Gasteiger partial charge in [0.05, 0.1) is 6.10 Å². The van der Waals surface area contributed by atoms with E-state index in [4.69, 9.17) is 4.74 Å². The lowest BCUT2D eigenvalue weighted by atomic mass is 9.79. The quantitative estimate of drug-likeness (QED) is 0.745. The zero-order chi connectivity index (χ0) is 12.5. The third-order valence-corrected chi connectivity index (χ3v) is 4.60. The summed E-state index contributed by atoms with van der Waals surface area (Å²) >= 11 is 0. The summed E-state index contributed by atoms with van der Waals surface area (Å²) < 4.78 is 5.34. The minimum atomic E-state index is 0.495. The van der Waals surface area contributed by atoms with Gasteiger partial charge < -0.3 is 9.64 Å². The molecule has 0 aromatic carbocycles. The van der Waals surface area contributed by atoms with E-state index in [0.717, 1.165) is 13.1 Å². The second-order valence-electron chi connectivity index (χ2n) is 6.49. The van der Waals surface area contributed by atoms with E-state index in [-0.39, 0.29) is 0 Å². The number of ether oxygens (including phenoxy) is 1. The maximum absolute atomic E-state index is 5.34. The predicted molar refractivity (Wildman–Crippen MR) is 71.3 cm³/mol. The summed E-state index contributed by atoms with van der Waals surface area (Å²) in [4.78, 5) is 5.16. The van der Waals surface area contributed by atoms with E-state index in [0.29, 0.717) is 17.6 Å². The van der Waals surface area contributed by atoms with Gasteiger partial charge >= 0.3 is 0 Å². The van der Waals surface area contributed by atoms with Gasteiger partial charge in [0.15, 0.2) is 0 Å². The van der Waals surface area contributed by atoms with Gasteiger partial charge in [0.2, 0.25) is 0 Å². The van der Waals surface area contributed by atoms with Crippen LogP contribution in [0.5, 0.6) is 0 Å². The van der Waals surface area contributed by atoms with Crippen LogP contribution in [-0.2, 0) is 4.74 Å². The van der Waals surface area contributed by atoms with Crippen molar-refractivity contribution in [3.8, 4) is 0 Å². The van der Waals surface area contributed by atoms with Crippen molar-refractivity contribution in [2.24, 2.45) is 5.41 Å². The van der Waals surface area contributed by atoms with Crippen molar-refractivity contribution in [1.29, 1.82) is 0 Å². The van der Waals surface area contributed by atoms with Crippen LogP contribution in [0.2, 0.25) is 0 Å². The summed E-state index contributed by atoms with van der Waals surface area (Å²) in [5, 5.41) is 0. The average molecular weight is 240 g/mol. The molecule has 0 amide bonds. The summed E-state index contributed by atoms with van der Waals surface area (Å²) in [5.41, 5.74) is 0.532. The molecule has 2 saturated heterocycles. The van der Waals surface area contributed by atoms with Gasteiger partial charge in [0.25, 0.3) is 0 Å². The Labute approximate surface area is 106 Å². The average Bonchev–Trinajstić information content (AvgIpc) is 2.23. The molecule has 17 heavy (non-hydrogen) atoms. The van der Waals surface area contributed by atoms with Gasteiger partial charge in [-0.25, -0.2) is 0 Å². The maximum Gasteiger partial charge on any atom is 0.0824 e. The zero-order valence-electron chi connectivity index (χ0n) is 11.9. The highest BCUT2D eigenvalue weighted by Gasteiger charge is 2.36. The molecule has 2 rings (SSSR count). The number of hydrogen-bond donors (Lipinski definition) is 0. The first-order valence-electron chi connectivity index (χ1n) is 7.02. The summed E-state index contributed by atoms with van der Waals surface area (Å²) in [6.45, 7) is 13.2. The van der Waals surface area contributed by atoms with E-state index in [1.54, 1.807) is 0 Å². The second kappa shape index (κ2) is 5.25. The van der Waals surface area contributed by atoms with Crippen molar-refractivity contribution in [2.75, 3.05) is 39.8 Å². The smallest absolute Gasteiger partial charge is 0.0824 e. The third-order valence-electron chi connectivity index (χ3n) is 4.60. The SMILES string of the molecule is COC1CN(CC2(C)CCN(C(C)C)CC2)C1. The highest BCUT2D eigenvalue weighted by Crippen LogP contribution is 2.33. The van der Waals surface area contributed by atoms with E-state index in [2.05, 4.69) is 30.6 Å². The van der Waals surface area contributed by atoms with Crippen LogP contribution < -0.4 is 0 Å². The molecule has 2 fully saturated rings. The van der Waals surface area contributed by atoms with Crippen LogP contribution in [0.3, 0.4) is 0 Å². The van der Waals surface area contributed by atoms with Gasteiger partial charge in [-0.15, -0.1) is 0 Å². The Morgan fingerprint density at radius 1 is 1.24 bits per heavy atom. The molecule has 0 spiro atoms. The van der Waals surface area contributed by atoms with Gasteiger partial charge in [0, 0.05) is 32.8 Å². The van der Waals surface area contributed by atoms with Crippen molar-refractivity contribution in [3.05, 3.63) is 0 Å². The van der Waals surface area contributed by atoms with Gasteiger partial charge in [-0.2, -0.15) is 0 Å². The largest absolute Gasteiger partial charge is 0.379 e. The van der Waals surface area contributed by atoms with Crippen LogP contribution in [0.15, 0.2) is 0 Å². The van der Waals surface area contributed by atoms with Gasteiger partial charge in [-0.1, -0.05) is 6.92 Å². The highest BCUT2D eigenvalue weighted by atomic mass is 16.5. The Bertz CT molecular complexity index is 241. The second-order valence-corrected chi connectivity index (χ2v) is 6.49. The lowest BCUT2D eigenvalue weighted by molar-refractivity contribution is -0.0548. The normalized spacial score (nSPS) is 27.4. The molecule has 3 heteroatoms. The molecular formula is C14H28N2O.